The monoisotopic (exact) mass is 466 g/mol. The SMILES string of the molecule is [2H]C1C(=O)NC(=O)[C@]([2H])(N2Cc3cc(C([2H])N([2H])C(=O)C(F)(F)c4ccc(Cl)cc4)ccc3C2=O)C1[2H]. The molecule has 1 saturated heterocycles. The number of nitrogens with zero attached hydrogens (tertiary/aromatic N) is 1. The van der Waals surface area contributed by atoms with Crippen LogP contribution in [0.2, 0.25) is 6.43 Å². The van der Waals surface area contributed by atoms with Crippen molar-refractivity contribution in [3.05, 3.63) is 69.7 Å². The van der Waals surface area contributed by atoms with E-state index in [4.69, 9.17) is 18.5 Å². The van der Waals surface area contributed by atoms with E-state index in [9.17, 15) is 28.0 Å². The minimum atomic E-state index is -4.13. The second kappa shape index (κ2) is 8.31. The van der Waals surface area contributed by atoms with Crippen molar-refractivity contribution in [3.63, 3.8) is 0 Å². The van der Waals surface area contributed by atoms with E-state index < -0.39 is 67.0 Å². The van der Waals surface area contributed by atoms with E-state index in [2.05, 4.69) is 0 Å². The van der Waals surface area contributed by atoms with E-state index in [-0.39, 0.29) is 27.0 Å². The van der Waals surface area contributed by atoms with Crippen LogP contribution in [0.3, 0.4) is 0 Å². The molecule has 2 N–H and O–H groups in total. The summed E-state index contributed by atoms with van der Waals surface area (Å²) in [6.07, 6.45) is -3.71. The molecule has 2 heterocycles. The van der Waals surface area contributed by atoms with Gasteiger partial charge in [0.25, 0.3) is 11.8 Å². The van der Waals surface area contributed by atoms with Crippen molar-refractivity contribution in [1.29, 1.82) is 0 Å². The molecule has 4 amide bonds. The molecule has 1 fully saturated rings. The first kappa shape index (κ1) is 16.3. The number of amides is 4. The summed E-state index contributed by atoms with van der Waals surface area (Å²) in [6, 6.07) is 5.11. The van der Waals surface area contributed by atoms with Gasteiger partial charge < -0.3 is 10.2 Å². The molecule has 0 saturated carbocycles. The highest BCUT2D eigenvalue weighted by atomic mass is 35.5. The summed E-state index contributed by atoms with van der Waals surface area (Å²) in [5.74, 6) is -9.26. The largest absolute Gasteiger partial charge is 0.349 e. The predicted molar refractivity (Wildman–Crippen MR) is 110 cm³/mol. The van der Waals surface area contributed by atoms with Crippen LogP contribution in [0.4, 0.5) is 8.78 Å². The number of hydrogen-bond donors (Lipinski definition) is 2. The topological polar surface area (TPSA) is 95.6 Å². The van der Waals surface area contributed by atoms with Gasteiger partial charge in [-0.3, -0.25) is 24.5 Å². The Bertz CT molecular complexity index is 1320. The van der Waals surface area contributed by atoms with Crippen LogP contribution in [-0.2, 0) is 33.4 Å². The fourth-order valence-electron chi connectivity index (χ4n) is 3.27. The average molecular weight is 467 g/mol. The van der Waals surface area contributed by atoms with Crippen molar-refractivity contribution >= 4 is 35.2 Å². The van der Waals surface area contributed by atoms with E-state index in [1.807, 2.05) is 5.32 Å². The normalized spacial score (nSPS) is 28.5. The van der Waals surface area contributed by atoms with Crippen LogP contribution in [0, 0.1) is 0 Å². The first-order valence-corrected chi connectivity index (χ1v) is 9.62. The second-order valence-corrected chi connectivity index (χ2v) is 7.43. The lowest BCUT2D eigenvalue weighted by Crippen LogP contribution is -2.52. The fraction of sp³-hybridized carbons (Fsp3) is 0.273. The molecular weight excluding hydrogens is 444 g/mol. The second-order valence-electron chi connectivity index (χ2n) is 6.99. The Morgan fingerprint density at radius 1 is 1.31 bits per heavy atom. The summed E-state index contributed by atoms with van der Waals surface area (Å²) in [5.41, 5.74) is -0.693. The molecule has 0 aromatic heterocycles. The molecule has 2 aromatic carbocycles. The zero-order valence-electron chi connectivity index (χ0n) is 21.1. The maximum absolute atomic E-state index is 14.7. The Hall–Kier alpha value is -3.33. The summed E-state index contributed by atoms with van der Waals surface area (Å²) in [6.45, 7) is -2.35. The minimum Gasteiger partial charge on any atom is -0.346 e. The predicted octanol–water partition coefficient (Wildman–Crippen LogP) is 2.51. The smallest absolute Gasteiger partial charge is 0.346 e. The van der Waals surface area contributed by atoms with Crippen molar-refractivity contribution in [1.82, 2.24) is 15.5 Å². The van der Waals surface area contributed by atoms with Crippen molar-refractivity contribution in [3.8, 4) is 0 Å². The molecule has 0 radical (unpaired) electrons. The molecule has 7 nitrogen and oxygen atoms in total. The average Bonchev–Trinajstić information content (AvgIpc) is 3.21. The maximum Gasteiger partial charge on any atom is 0.349 e. The van der Waals surface area contributed by atoms with Crippen LogP contribution in [0.15, 0.2) is 42.5 Å². The summed E-state index contributed by atoms with van der Waals surface area (Å²) < 4.78 is 69.8. The number of fused-ring (bicyclic) bond motifs is 1. The van der Waals surface area contributed by atoms with Crippen molar-refractivity contribution in [2.45, 2.75) is 37.8 Å². The Morgan fingerprint density at radius 3 is 2.75 bits per heavy atom. The Morgan fingerprint density at radius 2 is 2.03 bits per heavy atom. The summed E-state index contributed by atoms with van der Waals surface area (Å²) in [4.78, 5) is 50.2. The Labute approximate surface area is 193 Å². The van der Waals surface area contributed by atoms with Crippen molar-refractivity contribution < 1.29 is 34.9 Å². The van der Waals surface area contributed by atoms with Crippen LogP contribution in [0.25, 0.3) is 0 Å². The zero-order chi connectivity index (χ0) is 27.4. The third kappa shape index (κ3) is 4.08. The minimum absolute atomic E-state index is 0.0182. The van der Waals surface area contributed by atoms with Crippen LogP contribution in [-0.4, -0.2) is 34.5 Å². The van der Waals surface area contributed by atoms with Gasteiger partial charge in [-0.05, 0) is 35.7 Å². The molecule has 2 aliphatic heterocycles. The standard InChI is InChI=1S/C22H18ClF2N3O4/c23-15-4-2-14(3-5-15)22(24,25)21(32)26-10-12-1-6-16-13(9-12)11-28(20(16)31)17-7-8-18(29)27-19(17)30/h1-6,9,17H,7-8,10-11H2,(H,26,32)(H,27,29,30)/t17-/m1/s1/i7D,8D,10D,17D/hD/t7?,8?,10?,17-. The number of benzene rings is 2. The summed E-state index contributed by atoms with van der Waals surface area (Å²) >= 11 is 5.69. The molecule has 10 heteroatoms. The van der Waals surface area contributed by atoms with Gasteiger partial charge in [-0.1, -0.05) is 35.9 Å². The van der Waals surface area contributed by atoms with Gasteiger partial charge in [0.1, 0.15) is 6.02 Å². The molecule has 2 aliphatic rings. The quantitative estimate of drug-likeness (QED) is 0.662. The van der Waals surface area contributed by atoms with Gasteiger partial charge in [0.2, 0.25) is 11.8 Å². The summed E-state index contributed by atoms with van der Waals surface area (Å²) in [5, 5.41) is 1.77. The summed E-state index contributed by atoms with van der Waals surface area (Å²) in [7, 11) is 0. The van der Waals surface area contributed by atoms with E-state index in [1.165, 1.54) is 18.2 Å². The van der Waals surface area contributed by atoms with Gasteiger partial charge in [0.05, 0.1) is 2.74 Å². The third-order valence-electron chi connectivity index (χ3n) is 4.89. The highest BCUT2D eigenvalue weighted by Crippen LogP contribution is 2.30. The third-order valence-corrected chi connectivity index (χ3v) is 5.14. The fourth-order valence-corrected chi connectivity index (χ4v) is 3.40. The number of rotatable bonds is 5. The van der Waals surface area contributed by atoms with E-state index in [0.717, 1.165) is 24.3 Å². The van der Waals surface area contributed by atoms with Gasteiger partial charge in [0, 0.05) is 38.4 Å². The van der Waals surface area contributed by atoms with E-state index >= 15 is 0 Å². The Kier molecular flexibility index (Phi) is 4.24. The van der Waals surface area contributed by atoms with Gasteiger partial charge in [-0.25, -0.2) is 0 Å². The van der Waals surface area contributed by atoms with Gasteiger partial charge in [-0.2, -0.15) is 8.78 Å². The Balaban J connectivity index is 1.58. The maximum atomic E-state index is 14.7. The molecule has 0 bridgehead atoms. The molecule has 0 spiro atoms. The van der Waals surface area contributed by atoms with Gasteiger partial charge in [0.15, 0.2) is 1.41 Å². The van der Waals surface area contributed by atoms with E-state index in [0.29, 0.717) is 4.90 Å². The zero-order valence-corrected chi connectivity index (χ0v) is 16.9. The number of carbonyl (C=O) groups is 4. The molecule has 32 heavy (non-hydrogen) atoms. The lowest BCUT2D eigenvalue weighted by molar-refractivity contribution is -0.147. The van der Waals surface area contributed by atoms with Gasteiger partial charge in [-0.15, -0.1) is 0 Å². The molecule has 3 unspecified atom stereocenters. The molecule has 0 aliphatic carbocycles. The van der Waals surface area contributed by atoms with Crippen molar-refractivity contribution in [2.75, 3.05) is 0 Å². The van der Waals surface area contributed by atoms with Gasteiger partial charge >= 0.3 is 5.92 Å². The number of imide groups is 1. The number of hydrogen-bond acceptors (Lipinski definition) is 4. The van der Waals surface area contributed by atoms with Crippen LogP contribution in [0.1, 0.15) is 45.3 Å². The molecular formula is C22H18ClF2N3O4. The number of halogens is 3. The number of carbonyl (C=O) groups excluding carboxylic acids is 4. The molecule has 4 atom stereocenters. The first-order chi connectivity index (χ1) is 17.2. The molecule has 166 valence electrons. The highest BCUT2D eigenvalue weighted by molar-refractivity contribution is 6.30. The van der Waals surface area contributed by atoms with Crippen LogP contribution >= 0.6 is 11.6 Å². The lowest BCUT2D eigenvalue weighted by Gasteiger charge is -2.29. The first-order valence-electron chi connectivity index (χ1n) is 11.9. The number of alkyl halides is 2. The van der Waals surface area contributed by atoms with Crippen LogP contribution < -0.4 is 10.6 Å². The molecule has 4 rings (SSSR count). The lowest BCUT2D eigenvalue weighted by atomic mass is 10.0. The molecule has 2 aromatic rings. The number of piperidine rings is 1. The number of nitrogens with one attached hydrogen (secondary N) is 2. The van der Waals surface area contributed by atoms with E-state index in [1.54, 1.807) is 0 Å². The van der Waals surface area contributed by atoms with Crippen molar-refractivity contribution in [2.24, 2.45) is 0 Å². The highest BCUT2D eigenvalue weighted by Gasteiger charge is 2.41. The van der Waals surface area contributed by atoms with Crippen LogP contribution in [0.5, 0.6) is 0 Å².